The number of amides is 2. The predicted octanol–water partition coefficient (Wildman–Crippen LogP) is 4.13. The van der Waals surface area contributed by atoms with Crippen molar-refractivity contribution in [2.24, 2.45) is 34.8 Å². The van der Waals surface area contributed by atoms with E-state index in [1.165, 1.54) is 51.4 Å². The number of hydrogen-bond donors (Lipinski definition) is 3. The summed E-state index contributed by atoms with van der Waals surface area (Å²) in [4.78, 5) is 25.9. The third kappa shape index (κ3) is 5.87. The number of nitrogens with one attached hydrogen (secondary N) is 2. The summed E-state index contributed by atoms with van der Waals surface area (Å²) in [6.45, 7) is 4.76. The van der Waals surface area contributed by atoms with E-state index in [0.717, 1.165) is 29.6 Å². The molecule has 36 heavy (non-hydrogen) atoms. The molecular weight excluding hydrogens is 476 g/mol. The number of thioether (sulfide) groups is 1. The number of hydrogen-bond acceptors (Lipinski definition) is 7. The van der Waals surface area contributed by atoms with E-state index < -0.39 is 0 Å². The summed E-state index contributed by atoms with van der Waals surface area (Å²) in [5.41, 5.74) is 5.07. The van der Waals surface area contributed by atoms with Crippen molar-refractivity contribution in [2.45, 2.75) is 94.2 Å². The van der Waals surface area contributed by atoms with Crippen molar-refractivity contribution < 1.29 is 18.8 Å². The van der Waals surface area contributed by atoms with Gasteiger partial charge >= 0.3 is 0 Å². The average molecular weight is 519 g/mol. The minimum atomic E-state index is -0.334. The van der Waals surface area contributed by atoms with E-state index in [-0.39, 0.29) is 29.8 Å². The van der Waals surface area contributed by atoms with Gasteiger partial charge in [-0.05, 0) is 73.8 Å². The lowest BCUT2D eigenvalue weighted by atomic mass is 9.54. The molecule has 0 aliphatic heterocycles. The molecule has 1 heterocycles. The Balaban J connectivity index is 1.29. The Morgan fingerprint density at radius 2 is 1.75 bits per heavy atom. The summed E-state index contributed by atoms with van der Waals surface area (Å²) in [5.74, 6) is 3.26. The summed E-state index contributed by atoms with van der Waals surface area (Å²) < 4.78 is 11.8. The Bertz CT molecular complexity index is 914. The minimum absolute atomic E-state index is 0.0368. The number of carbonyl (C=O) groups excluding carboxylic acids is 2. The molecule has 5 fully saturated rings. The van der Waals surface area contributed by atoms with Crippen LogP contribution >= 0.6 is 11.8 Å². The zero-order valence-corrected chi connectivity index (χ0v) is 22.5. The van der Waals surface area contributed by atoms with Gasteiger partial charge in [-0.15, -0.1) is 11.8 Å². The van der Waals surface area contributed by atoms with Crippen LogP contribution < -0.4 is 21.1 Å². The molecule has 1 aromatic rings. The molecule has 0 radical (unpaired) electrons. The summed E-state index contributed by atoms with van der Waals surface area (Å²) >= 11 is 1.69. The van der Waals surface area contributed by atoms with Crippen LogP contribution in [0, 0.1) is 29.1 Å². The van der Waals surface area contributed by atoms with Gasteiger partial charge in [0.2, 0.25) is 11.7 Å². The van der Waals surface area contributed by atoms with Gasteiger partial charge < -0.3 is 25.6 Å². The number of nitrogens with zero attached hydrogens (tertiary/aromatic N) is 1. The molecule has 0 saturated heterocycles. The van der Waals surface area contributed by atoms with Gasteiger partial charge in [0.15, 0.2) is 0 Å². The Morgan fingerprint density at radius 3 is 2.39 bits per heavy atom. The second-order valence-electron chi connectivity index (χ2n) is 12.4. The first-order valence-corrected chi connectivity index (χ1v) is 14.8. The van der Waals surface area contributed by atoms with Crippen LogP contribution in [-0.4, -0.2) is 48.0 Å². The van der Waals surface area contributed by atoms with Crippen LogP contribution in [0.2, 0.25) is 0 Å². The maximum absolute atomic E-state index is 13.6. The number of aromatic nitrogens is 1. The molecule has 1 aromatic heterocycles. The van der Waals surface area contributed by atoms with Gasteiger partial charge in [0.1, 0.15) is 4.90 Å². The highest BCUT2D eigenvalue weighted by Gasteiger charge is 2.49. The molecule has 0 atom stereocenters. The molecule has 5 aliphatic carbocycles. The smallest absolute Gasteiger partial charge is 0.291 e. The van der Waals surface area contributed by atoms with Crippen molar-refractivity contribution >= 4 is 23.6 Å². The van der Waals surface area contributed by atoms with Crippen LogP contribution in [0.25, 0.3) is 0 Å². The van der Waals surface area contributed by atoms with Gasteiger partial charge in [-0.25, -0.2) is 0 Å². The number of ether oxygens (including phenoxy) is 1. The average Bonchev–Trinajstić information content (AvgIpc) is 3.26. The Morgan fingerprint density at radius 1 is 1.08 bits per heavy atom. The summed E-state index contributed by atoms with van der Waals surface area (Å²) in [6.07, 6.45) is 12.3. The van der Waals surface area contributed by atoms with Crippen molar-refractivity contribution in [3.63, 3.8) is 0 Å². The molecule has 0 unspecified atom stereocenters. The molecule has 4 N–H and O–H groups in total. The fourth-order valence-corrected chi connectivity index (χ4v) is 8.40. The molecule has 2 amide bonds. The SMILES string of the molecule is CC(C)(CNC(=O)CN)COc1noc(C(=O)NC2C3CC4CC(C3)CC2C4)c1SC1CCCCC1. The lowest BCUT2D eigenvalue weighted by Gasteiger charge is -2.54. The Labute approximate surface area is 218 Å². The topological polar surface area (TPSA) is 119 Å². The van der Waals surface area contributed by atoms with Gasteiger partial charge in [-0.2, -0.15) is 0 Å². The molecule has 0 spiro atoms. The lowest BCUT2D eigenvalue weighted by molar-refractivity contribution is -0.120. The van der Waals surface area contributed by atoms with E-state index >= 15 is 0 Å². The lowest BCUT2D eigenvalue weighted by Crippen LogP contribution is -2.55. The highest BCUT2D eigenvalue weighted by molar-refractivity contribution is 8.00. The van der Waals surface area contributed by atoms with Crippen LogP contribution in [0.15, 0.2) is 9.42 Å². The van der Waals surface area contributed by atoms with Crippen LogP contribution in [0.4, 0.5) is 0 Å². The van der Waals surface area contributed by atoms with Gasteiger partial charge in [0, 0.05) is 23.3 Å². The molecule has 0 aromatic carbocycles. The van der Waals surface area contributed by atoms with E-state index in [0.29, 0.717) is 41.9 Å². The van der Waals surface area contributed by atoms with Gasteiger partial charge in [-0.1, -0.05) is 33.1 Å². The standard InChI is InChI=1S/C27H42N4O4S/c1-27(2,14-29-21(32)13-28)15-34-26-24(36-20-6-4-3-5-7-20)23(35-31-26)25(33)30-22-18-9-16-8-17(11-18)12-19(22)10-16/h16-20,22H,3-15,28H2,1-2H3,(H,29,32)(H,30,33). The fourth-order valence-electron chi connectivity index (χ4n) is 7.06. The van der Waals surface area contributed by atoms with Crippen molar-refractivity contribution in [2.75, 3.05) is 19.7 Å². The normalized spacial score (nSPS) is 29.8. The van der Waals surface area contributed by atoms with E-state index in [1.54, 1.807) is 11.8 Å². The van der Waals surface area contributed by atoms with Crippen LogP contribution in [0.3, 0.4) is 0 Å². The van der Waals surface area contributed by atoms with Crippen molar-refractivity contribution in [1.29, 1.82) is 0 Å². The van der Waals surface area contributed by atoms with Crippen molar-refractivity contribution in [3.05, 3.63) is 5.76 Å². The zero-order valence-electron chi connectivity index (χ0n) is 21.7. The van der Waals surface area contributed by atoms with Crippen LogP contribution in [-0.2, 0) is 4.79 Å². The molecule has 4 bridgehead atoms. The van der Waals surface area contributed by atoms with E-state index in [4.69, 9.17) is 15.0 Å². The monoisotopic (exact) mass is 518 g/mol. The largest absolute Gasteiger partial charge is 0.474 e. The molecule has 8 nitrogen and oxygen atoms in total. The van der Waals surface area contributed by atoms with Gasteiger partial charge in [-0.3, -0.25) is 9.59 Å². The second-order valence-corrected chi connectivity index (χ2v) is 13.7. The highest BCUT2D eigenvalue weighted by atomic mass is 32.2. The minimum Gasteiger partial charge on any atom is -0.474 e. The predicted molar refractivity (Wildman–Crippen MR) is 139 cm³/mol. The van der Waals surface area contributed by atoms with E-state index in [1.807, 2.05) is 13.8 Å². The van der Waals surface area contributed by atoms with Crippen LogP contribution in [0.5, 0.6) is 5.88 Å². The zero-order chi connectivity index (χ0) is 25.3. The van der Waals surface area contributed by atoms with E-state index in [9.17, 15) is 9.59 Å². The maximum Gasteiger partial charge on any atom is 0.291 e. The first-order chi connectivity index (χ1) is 17.3. The number of nitrogens with two attached hydrogens (primary N) is 1. The first kappa shape index (κ1) is 25.9. The van der Waals surface area contributed by atoms with Gasteiger partial charge in [0.25, 0.3) is 11.8 Å². The molecule has 5 saturated carbocycles. The molecular formula is C27H42N4O4S. The Kier molecular flexibility index (Phi) is 7.86. The van der Waals surface area contributed by atoms with E-state index in [2.05, 4.69) is 15.8 Å². The summed E-state index contributed by atoms with van der Waals surface area (Å²) in [6, 6.07) is 0.248. The second kappa shape index (κ2) is 10.9. The maximum atomic E-state index is 13.6. The van der Waals surface area contributed by atoms with Crippen LogP contribution in [0.1, 0.15) is 88.6 Å². The van der Waals surface area contributed by atoms with Crippen molar-refractivity contribution in [1.82, 2.24) is 15.8 Å². The number of rotatable bonds is 10. The molecule has 6 rings (SSSR count). The third-order valence-corrected chi connectivity index (χ3v) is 10.1. The van der Waals surface area contributed by atoms with Crippen molar-refractivity contribution in [3.8, 4) is 5.88 Å². The fraction of sp³-hybridized carbons (Fsp3) is 0.815. The first-order valence-electron chi connectivity index (χ1n) is 13.9. The summed E-state index contributed by atoms with van der Waals surface area (Å²) in [5, 5.41) is 10.9. The third-order valence-electron chi connectivity index (χ3n) is 8.74. The quantitative estimate of drug-likeness (QED) is 0.426. The highest BCUT2D eigenvalue weighted by Crippen LogP contribution is 2.54. The molecule has 9 heteroatoms. The molecule has 5 aliphatic rings. The Hall–Kier alpha value is -1.74. The number of carbonyl (C=O) groups is 2. The van der Waals surface area contributed by atoms with Gasteiger partial charge in [0.05, 0.1) is 13.2 Å². The summed E-state index contributed by atoms with van der Waals surface area (Å²) in [7, 11) is 0. The molecule has 200 valence electrons.